The number of urea groups is 1. The zero-order chi connectivity index (χ0) is 34.5. The topological polar surface area (TPSA) is 172 Å². The maximum absolute atomic E-state index is 14.0. The Morgan fingerprint density at radius 2 is 1.64 bits per heavy atom. The predicted octanol–water partition coefficient (Wildman–Crippen LogP) is 3.07. The number of carbonyl (C=O) groups is 6. The van der Waals surface area contributed by atoms with Crippen LogP contribution in [-0.4, -0.2) is 90.6 Å². The Morgan fingerprint density at radius 3 is 2.18 bits per heavy atom. The Labute approximate surface area is 268 Å². The summed E-state index contributed by atoms with van der Waals surface area (Å²) in [5.41, 5.74) is -0.720. The van der Waals surface area contributed by atoms with Gasteiger partial charge in [0.2, 0.25) is 17.6 Å². The number of rotatable bonds is 16. The molecule has 13 heteroatoms. The van der Waals surface area contributed by atoms with Crippen molar-refractivity contribution in [2.75, 3.05) is 19.7 Å². The molecule has 3 unspecified atom stereocenters. The fourth-order valence-corrected chi connectivity index (χ4v) is 5.04. The van der Waals surface area contributed by atoms with Crippen LogP contribution < -0.4 is 21.3 Å². The third-order valence-electron chi connectivity index (χ3n) is 7.58. The SMILES string of the molecule is C=CCNC(=O)C(=O)C(CCC)NC(=O)C1[C@@H](C)CCN1C(=O)C(NC(=O)N[C@H](CCOC(=O)OC(C)C)C(C)C)C(C)(C)C. The van der Waals surface area contributed by atoms with Crippen LogP contribution in [0, 0.1) is 17.3 Å². The Balaban J connectivity index is 3.05. The Morgan fingerprint density at radius 1 is 1.00 bits per heavy atom. The van der Waals surface area contributed by atoms with Gasteiger partial charge in [-0.15, -0.1) is 6.58 Å². The molecule has 0 aromatic heterocycles. The van der Waals surface area contributed by atoms with Gasteiger partial charge >= 0.3 is 12.2 Å². The molecular weight excluding hydrogens is 582 g/mol. The van der Waals surface area contributed by atoms with Crippen LogP contribution in [0.3, 0.4) is 0 Å². The Kier molecular flexibility index (Phi) is 16.1. The van der Waals surface area contributed by atoms with Gasteiger partial charge in [0.1, 0.15) is 12.1 Å². The number of likely N-dealkylation sites (tertiary alicyclic amines) is 1. The first-order valence-corrected chi connectivity index (χ1v) is 15.9. The van der Waals surface area contributed by atoms with Crippen molar-refractivity contribution in [3.63, 3.8) is 0 Å². The van der Waals surface area contributed by atoms with Crippen LogP contribution >= 0.6 is 0 Å². The van der Waals surface area contributed by atoms with Gasteiger partial charge in [-0.3, -0.25) is 19.2 Å². The van der Waals surface area contributed by atoms with E-state index in [9.17, 15) is 28.8 Å². The Bertz CT molecular complexity index is 1050. The lowest BCUT2D eigenvalue weighted by atomic mass is 9.85. The molecule has 1 rings (SSSR count). The summed E-state index contributed by atoms with van der Waals surface area (Å²) >= 11 is 0. The predicted molar refractivity (Wildman–Crippen MR) is 170 cm³/mol. The van der Waals surface area contributed by atoms with E-state index in [-0.39, 0.29) is 43.6 Å². The molecule has 1 heterocycles. The minimum absolute atomic E-state index is 0.00519. The lowest BCUT2D eigenvalue weighted by molar-refractivity contribution is -0.144. The van der Waals surface area contributed by atoms with Crippen LogP contribution in [-0.2, 0) is 28.7 Å². The largest absolute Gasteiger partial charge is 0.508 e. The molecule has 0 aromatic carbocycles. The summed E-state index contributed by atoms with van der Waals surface area (Å²) in [6, 6.07) is -3.85. The first kappa shape index (κ1) is 39.4. The van der Waals surface area contributed by atoms with Gasteiger partial charge in [0.25, 0.3) is 5.91 Å². The molecule has 0 aromatic rings. The van der Waals surface area contributed by atoms with Gasteiger partial charge in [0.15, 0.2) is 0 Å². The molecule has 256 valence electrons. The van der Waals surface area contributed by atoms with Crippen LogP contribution in [0.4, 0.5) is 9.59 Å². The molecule has 5 atom stereocenters. The first-order valence-electron chi connectivity index (χ1n) is 15.9. The van der Waals surface area contributed by atoms with Crippen molar-refractivity contribution >= 4 is 35.7 Å². The summed E-state index contributed by atoms with van der Waals surface area (Å²) in [7, 11) is 0. The number of carbonyl (C=O) groups excluding carboxylic acids is 6. The summed E-state index contributed by atoms with van der Waals surface area (Å²) in [6.07, 6.45) is 2.05. The highest BCUT2D eigenvalue weighted by Gasteiger charge is 2.45. The first-order chi connectivity index (χ1) is 20.9. The molecule has 0 spiro atoms. The van der Waals surface area contributed by atoms with Gasteiger partial charge in [0.05, 0.1) is 18.8 Å². The van der Waals surface area contributed by atoms with Crippen molar-refractivity contribution in [1.82, 2.24) is 26.2 Å². The van der Waals surface area contributed by atoms with Crippen LogP contribution in [0.5, 0.6) is 0 Å². The van der Waals surface area contributed by atoms with Crippen molar-refractivity contribution < 1.29 is 38.2 Å². The number of hydrogen-bond donors (Lipinski definition) is 4. The minimum atomic E-state index is -1.04. The van der Waals surface area contributed by atoms with Crippen molar-refractivity contribution in [2.45, 2.75) is 118 Å². The molecule has 45 heavy (non-hydrogen) atoms. The van der Waals surface area contributed by atoms with E-state index in [0.717, 1.165) is 0 Å². The summed E-state index contributed by atoms with van der Waals surface area (Å²) in [5.74, 6) is -2.75. The second kappa shape index (κ2) is 18.4. The Hall–Kier alpha value is -3.64. The maximum atomic E-state index is 14.0. The average Bonchev–Trinajstić information content (AvgIpc) is 3.33. The van der Waals surface area contributed by atoms with E-state index in [1.165, 1.54) is 11.0 Å². The average molecular weight is 638 g/mol. The van der Waals surface area contributed by atoms with Crippen LogP contribution in [0.2, 0.25) is 0 Å². The van der Waals surface area contributed by atoms with Crippen molar-refractivity contribution in [3.05, 3.63) is 12.7 Å². The molecule has 0 aliphatic carbocycles. The molecule has 5 amide bonds. The smallest absolute Gasteiger partial charge is 0.434 e. The minimum Gasteiger partial charge on any atom is -0.434 e. The second-order valence-corrected chi connectivity index (χ2v) is 13.3. The van der Waals surface area contributed by atoms with Gasteiger partial charge in [-0.1, -0.05) is 61.0 Å². The molecule has 13 nitrogen and oxygen atoms in total. The highest BCUT2D eigenvalue weighted by atomic mass is 16.7. The van der Waals surface area contributed by atoms with Gasteiger partial charge in [-0.2, -0.15) is 0 Å². The van der Waals surface area contributed by atoms with Gasteiger partial charge in [-0.05, 0) is 43.9 Å². The zero-order valence-electron chi connectivity index (χ0n) is 28.5. The molecule has 0 saturated carbocycles. The molecule has 0 radical (unpaired) electrons. The third kappa shape index (κ3) is 12.7. The molecule has 1 aliphatic heterocycles. The zero-order valence-corrected chi connectivity index (χ0v) is 28.5. The van der Waals surface area contributed by atoms with E-state index in [0.29, 0.717) is 25.8 Å². The number of amides is 5. The van der Waals surface area contributed by atoms with Crippen molar-refractivity contribution in [2.24, 2.45) is 17.3 Å². The summed E-state index contributed by atoms with van der Waals surface area (Å²) < 4.78 is 10.1. The number of ether oxygens (including phenoxy) is 2. The van der Waals surface area contributed by atoms with E-state index >= 15 is 0 Å². The monoisotopic (exact) mass is 637 g/mol. The molecule has 4 N–H and O–H groups in total. The number of Topliss-reactive ketones (excluding diaryl/α,β-unsaturated/α-hetero) is 1. The highest BCUT2D eigenvalue weighted by Crippen LogP contribution is 2.29. The van der Waals surface area contributed by atoms with Gasteiger partial charge in [-0.25, -0.2) is 9.59 Å². The van der Waals surface area contributed by atoms with E-state index < -0.39 is 59.2 Å². The number of ketones is 1. The summed E-state index contributed by atoms with van der Waals surface area (Å²) in [6.45, 7) is 20.4. The fraction of sp³-hybridized carbons (Fsp3) is 0.750. The molecule has 1 fully saturated rings. The standard InChI is InChI=1S/C32H55N5O8/c1-11-13-23(25(38)28(40)33-16-12-2)34-27(39)24-21(7)14-17-37(24)29(41)26(32(8,9)10)36-30(42)35-22(19(3)4)15-18-44-31(43)45-20(5)6/h12,19-24,26H,2,11,13-18H2,1,3-10H3,(H,33,40)(H,34,39)(H2,35,36,42)/t21-,22+,23?,24?,26?/m0/s1. The van der Waals surface area contributed by atoms with Crippen LogP contribution in [0.15, 0.2) is 12.7 Å². The summed E-state index contributed by atoms with van der Waals surface area (Å²) in [5, 5.41) is 10.9. The number of nitrogens with zero attached hydrogens (tertiary/aromatic N) is 1. The number of hydrogen-bond acceptors (Lipinski definition) is 8. The van der Waals surface area contributed by atoms with E-state index in [2.05, 4.69) is 27.8 Å². The van der Waals surface area contributed by atoms with Gasteiger partial charge in [0, 0.05) is 25.6 Å². The van der Waals surface area contributed by atoms with Crippen molar-refractivity contribution in [1.29, 1.82) is 0 Å². The maximum Gasteiger partial charge on any atom is 0.508 e. The van der Waals surface area contributed by atoms with E-state index in [4.69, 9.17) is 9.47 Å². The lowest BCUT2D eigenvalue weighted by Gasteiger charge is -2.36. The van der Waals surface area contributed by atoms with Crippen LogP contribution in [0.25, 0.3) is 0 Å². The molecule has 0 bridgehead atoms. The second-order valence-electron chi connectivity index (χ2n) is 13.3. The molecular formula is C32H55N5O8. The molecule has 1 saturated heterocycles. The quantitative estimate of drug-likeness (QED) is 0.114. The normalized spacial score (nSPS) is 18.4. The molecule has 1 aliphatic rings. The fourth-order valence-electron chi connectivity index (χ4n) is 5.04. The highest BCUT2D eigenvalue weighted by molar-refractivity contribution is 6.38. The van der Waals surface area contributed by atoms with Crippen LogP contribution in [0.1, 0.15) is 88.0 Å². The lowest BCUT2D eigenvalue weighted by Crippen LogP contribution is -2.61. The van der Waals surface area contributed by atoms with E-state index in [1.807, 2.05) is 48.5 Å². The van der Waals surface area contributed by atoms with E-state index in [1.54, 1.807) is 13.8 Å². The summed E-state index contributed by atoms with van der Waals surface area (Å²) in [4.78, 5) is 79.1. The van der Waals surface area contributed by atoms with Gasteiger partial charge < -0.3 is 35.6 Å². The van der Waals surface area contributed by atoms with Crippen molar-refractivity contribution in [3.8, 4) is 0 Å². The third-order valence-corrected chi connectivity index (χ3v) is 7.58. The number of nitrogens with one attached hydrogen (secondary N) is 4.